The van der Waals surface area contributed by atoms with Crippen LogP contribution in [0.2, 0.25) is 0 Å². The highest BCUT2D eigenvalue weighted by molar-refractivity contribution is 5.97. The van der Waals surface area contributed by atoms with Crippen molar-refractivity contribution in [3.05, 3.63) is 83.1 Å². The van der Waals surface area contributed by atoms with Gasteiger partial charge in [-0.3, -0.25) is 14.5 Å². The predicted molar refractivity (Wildman–Crippen MR) is 104 cm³/mol. The van der Waals surface area contributed by atoms with Crippen LogP contribution < -0.4 is 0 Å². The van der Waals surface area contributed by atoms with E-state index in [2.05, 4.69) is 10.1 Å². The van der Waals surface area contributed by atoms with E-state index in [4.69, 9.17) is 0 Å². The molecule has 30 heavy (non-hydrogen) atoms. The minimum atomic E-state index is -0.840. The molecule has 0 spiro atoms. The van der Waals surface area contributed by atoms with Crippen molar-refractivity contribution in [1.82, 2.24) is 19.7 Å². The maximum Gasteiger partial charge on any atom is 0.256 e. The van der Waals surface area contributed by atoms with Crippen molar-refractivity contribution in [3.8, 4) is 11.1 Å². The van der Waals surface area contributed by atoms with Gasteiger partial charge in [-0.15, -0.1) is 0 Å². The van der Waals surface area contributed by atoms with Crippen molar-refractivity contribution in [2.75, 3.05) is 0 Å². The maximum absolute atomic E-state index is 14.8. The van der Waals surface area contributed by atoms with Crippen LogP contribution in [0.15, 0.2) is 48.8 Å². The van der Waals surface area contributed by atoms with Crippen LogP contribution in [0, 0.1) is 17.5 Å². The fourth-order valence-corrected chi connectivity index (χ4v) is 3.80. The number of amides is 1. The lowest BCUT2D eigenvalue weighted by Crippen LogP contribution is -2.24. The fourth-order valence-electron chi connectivity index (χ4n) is 3.80. The zero-order valence-corrected chi connectivity index (χ0v) is 15.9. The van der Waals surface area contributed by atoms with E-state index in [1.807, 2.05) is 0 Å². The van der Waals surface area contributed by atoms with Gasteiger partial charge in [-0.1, -0.05) is 0 Å². The molecule has 2 aromatic heterocycles. The number of aromatic nitrogens is 3. The summed E-state index contributed by atoms with van der Waals surface area (Å²) in [7, 11) is 1.71. The highest BCUT2D eigenvalue weighted by Gasteiger charge is 2.29. The lowest BCUT2D eigenvalue weighted by atomic mass is 10.0. The number of carbonyl (C=O) groups is 1. The molecule has 4 aromatic rings. The Kier molecular flexibility index (Phi) is 4.09. The molecule has 1 aliphatic heterocycles. The summed E-state index contributed by atoms with van der Waals surface area (Å²) in [6.07, 6.45) is 3.27. The first-order valence-corrected chi connectivity index (χ1v) is 9.25. The van der Waals surface area contributed by atoms with Crippen LogP contribution in [0.25, 0.3) is 22.0 Å². The van der Waals surface area contributed by atoms with Crippen molar-refractivity contribution < 1.29 is 18.0 Å². The van der Waals surface area contributed by atoms with Crippen LogP contribution in [0.1, 0.15) is 21.6 Å². The maximum atomic E-state index is 14.8. The molecule has 0 fully saturated rings. The molecular weight excluding hydrogens is 393 g/mol. The second-order valence-corrected chi connectivity index (χ2v) is 7.27. The lowest BCUT2D eigenvalue weighted by molar-refractivity contribution is 0.0763. The number of carbonyl (C=O) groups excluding carboxylic acids is 1. The Balaban J connectivity index is 1.49. The predicted octanol–water partition coefficient (Wildman–Crippen LogP) is 4.21. The van der Waals surface area contributed by atoms with E-state index >= 15 is 0 Å². The van der Waals surface area contributed by atoms with Crippen molar-refractivity contribution in [3.63, 3.8) is 0 Å². The average Bonchev–Trinajstić information content (AvgIpc) is 3.22. The summed E-state index contributed by atoms with van der Waals surface area (Å²) < 4.78 is 45.7. The van der Waals surface area contributed by atoms with E-state index in [9.17, 15) is 18.0 Å². The molecule has 0 bridgehead atoms. The summed E-state index contributed by atoms with van der Waals surface area (Å²) in [5, 5.41) is 4.78. The molecule has 0 radical (unpaired) electrons. The van der Waals surface area contributed by atoms with Crippen LogP contribution >= 0.6 is 0 Å². The van der Waals surface area contributed by atoms with Gasteiger partial charge in [0.05, 0.1) is 29.9 Å². The van der Waals surface area contributed by atoms with Gasteiger partial charge in [0.2, 0.25) is 0 Å². The largest absolute Gasteiger partial charge is 0.328 e. The van der Waals surface area contributed by atoms with Crippen molar-refractivity contribution in [2.45, 2.75) is 13.1 Å². The Morgan fingerprint density at radius 3 is 2.53 bits per heavy atom. The summed E-state index contributed by atoms with van der Waals surface area (Å²) in [4.78, 5) is 17.9. The van der Waals surface area contributed by atoms with Crippen molar-refractivity contribution in [1.29, 1.82) is 0 Å². The van der Waals surface area contributed by atoms with E-state index in [0.717, 1.165) is 12.1 Å². The number of aryl methyl sites for hydroxylation is 1. The Morgan fingerprint density at radius 2 is 1.80 bits per heavy atom. The molecule has 1 aliphatic rings. The molecule has 0 aliphatic carbocycles. The topological polar surface area (TPSA) is 51.0 Å². The van der Waals surface area contributed by atoms with Gasteiger partial charge in [0.15, 0.2) is 0 Å². The van der Waals surface area contributed by atoms with Crippen LogP contribution in [-0.2, 0) is 20.1 Å². The fraction of sp³-hybridized carbons (Fsp3) is 0.136. The van der Waals surface area contributed by atoms with Crippen LogP contribution in [0.3, 0.4) is 0 Å². The van der Waals surface area contributed by atoms with Gasteiger partial charge in [-0.2, -0.15) is 5.10 Å². The van der Waals surface area contributed by atoms with E-state index in [1.165, 1.54) is 21.7 Å². The molecule has 3 heterocycles. The standard InChI is InChI=1S/C22H15F3N4O/c1-28-9-13-5-15(19(25)8-20(13)27-28)12-6-17(23)16(18(24)7-12)10-29-11-21-14(22(29)30)3-2-4-26-21/h2-9H,10-11H2,1H3. The van der Waals surface area contributed by atoms with Gasteiger partial charge in [-0.05, 0) is 35.9 Å². The SMILES string of the molecule is Cn1cc2cc(-c3cc(F)c(CN4Cc5ncccc5C4=O)c(F)c3)c(F)cc2n1. The van der Waals surface area contributed by atoms with Gasteiger partial charge in [0.25, 0.3) is 5.91 Å². The molecule has 1 amide bonds. The Bertz CT molecular complexity index is 1310. The quantitative estimate of drug-likeness (QED) is 0.510. The zero-order chi connectivity index (χ0) is 21.0. The third kappa shape index (κ3) is 2.92. The van der Waals surface area contributed by atoms with Gasteiger partial charge in [-0.25, -0.2) is 13.2 Å². The average molecular weight is 408 g/mol. The molecule has 0 saturated heterocycles. The Labute approximate surface area is 169 Å². The van der Waals surface area contributed by atoms with Crippen molar-refractivity contribution in [2.24, 2.45) is 7.05 Å². The molecule has 150 valence electrons. The number of hydrogen-bond donors (Lipinski definition) is 0. The summed E-state index contributed by atoms with van der Waals surface area (Å²) in [6.45, 7) is -0.0563. The van der Waals surface area contributed by atoms with Gasteiger partial charge < -0.3 is 4.90 Å². The molecule has 0 N–H and O–H groups in total. The third-order valence-corrected chi connectivity index (χ3v) is 5.26. The number of nitrogens with zero attached hydrogens (tertiary/aromatic N) is 4. The number of pyridine rings is 1. The second-order valence-electron chi connectivity index (χ2n) is 7.27. The minimum absolute atomic E-state index is 0.0775. The van der Waals surface area contributed by atoms with Crippen LogP contribution in [-0.4, -0.2) is 25.6 Å². The molecular formula is C22H15F3N4O. The molecule has 8 heteroatoms. The Hall–Kier alpha value is -3.68. The summed E-state index contributed by atoms with van der Waals surface area (Å²) in [5.74, 6) is -2.63. The van der Waals surface area contributed by atoms with E-state index in [-0.39, 0.29) is 35.7 Å². The van der Waals surface area contributed by atoms with Gasteiger partial charge >= 0.3 is 0 Å². The minimum Gasteiger partial charge on any atom is -0.328 e. The first-order valence-electron chi connectivity index (χ1n) is 9.25. The van der Waals surface area contributed by atoms with Crippen LogP contribution in [0.4, 0.5) is 13.2 Å². The number of rotatable bonds is 3. The second kappa shape index (κ2) is 6.69. The first-order chi connectivity index (χ1) is 14.4. The first kappa shape index (κ1) is 18.4. The molecule has 5 rings (SSSR count). The van der Waals surface area contributed by atoms with E-state index < -0.39 is 17.5 Å². The molecule has 0 atom stereocenters. The number of hydrogen-bond acceptors (Lipinski definition) is 3. The molecule has 5 nitrogen and oxygen atoms in total. The summed E-state index contributed by atoms with van der Waals surface area (Å²) in [5.41, 5.74) is 1.37. The monoisotopic (exact) mass is 408 g/mol. The summed E-state index contributed by atoms with van der Waals surface area (Å²) >= 11 is 0. The van der Waals surface area contributed by atoms with Crippen LogP contribution in [0.5, 0.6) is 0 Å². The third-order valence-electron chi connectivity index (χ3n) is 5.26. The van der Waals surface area contributed by atoms with E-state index in [0.29, 0.717) is 22.2 Å². The lowest BCUT2D eigenvalue weighted by Gasteiger charge is -2.17. The smallest absolute Gasteiger partial charge is 0.256 e. The van der Waals surface area contributed by atoms with Gasteiger partial charge in [0.1, 0.15) is 17.5 Å². The van der Waals surface area contributed by atoms with E-state index in [1.54, 1.807) is 31.6 Å². The molecule has 0 saturated carbocycles. The summed E-state index contributed by atoms with van der Waals surface area (Å²) in [6, 6.07) is 8.21. The highest BCUT2D eigenvalue weighted by Crippen LogP contribution is 2.31. The van der Waals surface area contributed by atoms with Crippen molar-refractivity contribution >= 4 is 16.8 Å². The number of fused-ring (bicyclic) bond motifs is 2. The molecule has 2 aromatic carbocycles. The molecule has 0 unspecified atom stereocenters. The number of benzene rings is 2. The number of halogens is 3. The highest BCUT2D eigenvalue weighted by atomic mass is 19.1. The normalized spacial score (nSPS) is 13.3. The van der Waals surface area contributed by atoms with Gasteiger partial charge in [0, 0.05) is 42.0 Å². The Morgan fingerprint density at radius 1 is 1.03 bits per heavy atom. The zero-order valence-electron chi connectivity index (χ0n) is 15.9.